The predicted molar refractivity (Wildman–Crippen MR) is 76.6 cm³/mol. The fourth-order valence-corrected chi connectivity index (χ4v) is 2.95. The fourth-order valence-electron chi connectivity index (χ4n) is 2.56. The van der Waals surface area contributed by atoms with Crippen LogP contribution in [0.5, 0.6) is 0 Å². The van der Waals surface area contributed by atoms with Crippen LogP contribution in [0.4, 0.5) is 0 Å². The third-order valence-electron chi connectivity index (χ3n) is 3.61. The normalized spacial score (nSPS) is 39.1. The lowest BCUT2D eigenvalue weighted by atomic mass is 9.97. The molecule has 21 heavy (non-hydrogen) atoms. The van der Waals surface area contributed by atoms with Crippen LogP contribution in [0.1, 0.15) is 11.9 Å². The van der Waals surface area contributed by atoms with Crippen molar-refractivity contribution >= 4 is 12.6 Å². The van der Waals surface area contributed by atoms with Crippen LogP contribution in [0, 0.1) is 0 Å². The second-order valence-electron chi connectivity index (χ2n) is 4.93. The van der Waals surface area contributed by atoms with Crippen LogP contribution in [-0.2, 0) is 14.2 Å². The van der Waals surface area contributed by atoms with Gasteiger partial charge < -0.3 is 19.3 Å². The molecule has 1 aromatic carbocycles. The number of ether oxygens (including phenoxy) is 3. The molecule has 6 atom stereocenters. The molecule has 0 spiro atoms. The lowest BCUT2D eigenvalue weighted by molar-refractivity contribution is -0.305. The number of hydrogen-bond donors (Lipinski definition) is 2. The maximum Gasteiger partial charge on any atom is 0.184 e. The van der Waals surface area contributed by atoms with Crippen molar-refractivity contribution in [1.82, 2.24) is 0 Å². The van der Waals surface area contributed by atoms with E-state index in [-0.39, 0.29) is 6.61 Å². The number of azide groups is 1. The molecule has 8 heteroatoms. The van der Waals surface area contributed by atoms with Crippen molar-refractivity contribution in [3.05, 3.63) is 46.3 Å². The van der Waals surface area contributed by atoms with Crippen LogP contribution in [-0.4, -0.2) is 41.5 Å². The predicted octanol–water partition coefficient (Wildman–Crippen LogP) is 1.80. The van der Waals surface area contributed by atoms with Gasteiger partial charge in [0.15, 0.2) is 6.29 Å². The summed E-state index contributed by atoms with van der Waals surface area (Å²) in [6, 6.07) is 8.63. The van der Waals surface area contributed by atoms with Crippen molar-refractivity contribution in [3.8, 4) is 0 Å². The summed E-state index contributed by atoms with van der Waals surface area (Å²) in [7, 11) is 0. The summed E-state index contributed by atoms with van der Waals surface area (Å²) in [4.78, 5) is 2.72. The van der Waals surface area contributed by atoms with Crippen LogP contribution < -0.4 is 0 Å². The summed E-state index contributed by atoms with van der Waals surface area (Å²) in [6.45, 7) is 0.279. The van der Waals surface area contributed by atoms with Gasteiger partial charge >= 0.3 is 0 Å². The lowest BCUT2D eigenvalue weighted by Crippen LogP contribution is -2.59. The Bertz CT molecular complexity index is 539. The number of nitrogens with zero attached hydrogens (tertiary/aromatic N) is 3. The minimum absolute atomic E-state index is 0.279. The molecular formula is C13H15N3O4S. The summed E-state index contributed by atoms with van der Waals surface area (Å²) < 4.78 is 17.0. The molecule has 2 saturated heterocycles. The summed E-state index contributed by atoms with van der Waals surface area (Å²) in [6.07, 6.45) is -2.62. The average Bonchev–Trinajstić information content (AvgIpc) is 2.52. The molecule has 2 aliphatic heterocycles. The summed E-state index contributed by atoms with van der Waals surface area (Å²) in [5.41, 5.74) is 8.75. The molecule has 0 radical (unpaired) electrons. The van der Waals surface area contributed by atoms with E-state index >= 15 is 0 Å². The Hall–Kier alpha value is -1.28. The largest absolute Gasteiger partial charge is 0.390 e. The summed E-state index contributed by atoms with van der Waals surface area (Å²) >= 11 is 4.20. The topological polar surface area (TPSA) is 96.7 Å². The van der Waals surface area contributed by atoms with E-state index in [9.17, 15) is 5.11 Å². The Morgan fingerprint density at radius 1 is 1.29 bits per heavy atom. The van der Waals surface area contributed by atoms with E-state index in [1.807, 2.05) is 30.3 Å². The van der Waals surface area contributed by atoms with Crippen LogP contribution in [0.25, 0.3) is 10.4 Å². The highest BCUT2D eigenvalue weighted by Crippen LogP contribution is 2.35. The maximum absolute atomic E-state index is 10.4. The van der Waals surface area contributed by atoms with Gasteiger partial charge in [0.2, 0.25) is 0 Å². The Morgan fingerprint density at radius 2 is 2.05 bits per heavy atom. The van der Waals surface area contributed by atoms with E-state index in [2.05, 4.69) is 22.7 Å². The second kappa shape index (κ2) is 6.23. The smallest absolute Gasteiger partial charge is 0.184 e. The molecule has 3 rings (SSSR count). The molecule has 0 amide bonds. The zero-order valence-corrected chi connectivity index (χ0v) is 11.9. The molecule has 0 saturated carbocycles. The van der Waals surface area contributed by atoms with Gasteiger partial charge in [-0.05, 0) is 5.53 Å². The van der Waals surface area contributed by atoms with Gasteiger partial charge in [0, 0.05) is 10.5 Å². The molecule has 3 unspecified atom stereocenters. The van der Waals surface area contributed by atoms with Crippen LogP contribution in [0.2, 0.25) is 0 Å². The van der Waals surface area contributed by atoms with Crippen LogP contribution in [0.15, 0.2) is 35.4 Å². The van der Waals surface area contributed by atoms with E-state index in [1.54, 1.807) is 0 Å². The number of aliphatic hydroxyl groups is 1. The molecule has 2 fully saturated rings. The minimum atomic E-state index is -0.989. The third kappa shape index (κ3) is 2.87. The molecule has 112 valence electrons. The second-order valence-corrected chi connectivity index (χ2v) is 5.44. The highest BCUT2D eigenvalue weighted by atomic mass is 32.1. The summed E-state index contributed by atoms with van der Waals surface area (Å²) in [5, 5.41) is 13.9. The number of thiol groups is 1. The molecule has 0 aliphatic carbocycles. The summed E-state index contributed by atoms with van der Waals surface area (Å²) in [5.74, 6) is 0. The van der Waals surface area contributed by atoms with Gasteiger partial charge in [-0.3, -0.25) is 0 Å². The van der Waals surface area contributed by atoms with Gasteiger partial charge in [0.1, 0.15) is 23.7 Å². The Kier molecular flexibility index (Phi) is 4.34. The standard InChI is InChI=1S/C13H15N3O4S/c14-16-15-9-10(17)11-8(19-13(9)21)6-18-12(20-11)7-4-2-1-3-5-7/h1-5,8-13,17,21H,6H2/t8?,9-,10?,11-,12?,13-/m0/s1. The number of rotatable bonds is 2. The van der Waals surface area contributed by atoms with Crippen molar-refractivity contribution < 1.29 is 19.3 Å². The van der Waals surface area contributed by atoms with E-state index in [4.69, 9.17) is 19.7 Å². The Labute approximate surface area is 126 Å². The first-order valence-electron chi connectivity index (χ1n) is 6.58. The number of fused-ring (bicyclic) bond motifs is 1. The van der Waals surface area contributed by atoms with Crippen LogP contribution in [0.3, 0.4) is 0 Å². The van der Waals surface area contributed by atoms with E-state index in [1.165, 1.54) is 0 Å². The maximum atomic E-state index is 10.4. The average molecular weight is 309 g/mol. The number of aliphatic hydroxyl groups excluding tert-OH is 1. The first-order valence-corrected chi connectivity index (χ1v) is 7.10. The first-order chi connectivity index (χ1) is 10.2. The molecule has 0 aromatic heterocycles. The third-order valence-corrected chi connectivity index (χ3v) is 4.04. The zero-order chi connectivity index (χ0) is 14.8. The van der Waals surface area contributed by atoms with Crippen molar-refractivity contribution in [1.29, 1.82) is 0 Å². The molecule has 2 aliphatic rings. The van der Waals surface area contributed by atoms with E-state index in [0.717, 1.165) is 5.56 Å². The molecule has 1 N–H and O–H groups in total. The van der Waals surface area contributed by atoms with E-state index < -0.39 is 36.1 Å². The van der Waals surface area contributed by atoms with Gasteiger partial charge in [-0.2, -0.15) is 0 Å². The number of benzene rings is 1. The van der Waals surface area contributed by atoms with Crippen molar-refractivity contribution in [2.45, 2.75) is 36.1 Å². The SMILES string of the molecule is [N-]=[N+]=N[C@H]1C(O)[C@H]2OC(c3ccccc3)OCC2O[C@H]1S. The number of hydrogen-bond acceptors (Lipinski definition) is 6. The Morgan fingerprint density at radius 3 is 2.76 bits per heavy atom. The van der Waals surface area contributed by atoms with Gasteiger partial charge in [0.25, 0.3) is 0 Å². The van der Waals surface area contributed by atoms with Gasteiger partial charge in [0.05, 0.1) is 12.7 Å². The Balaban J connectivity index is 1.78. The van der Waals surface area contributed by atoms with E-state index in [0.29, 0.717) is 0 Å². The molecule has 0 bridgehead atoms. The molecular weight excluding hydrogens is 294 g/mol. The zero-order valence-electron chi connectivity index (χ0n) is 11.0. The van der Waals surface area contributed by atoms with Crippen molar-refractivity contribution in [3.63, 3.8) is 0 Å². The highest BCUT2D eigenvalue weighted by Gasteiger charge is 2.48. The first kappa shape index (κ1) is 14.6. The minimum Gasteiger partial charge on any atom is -0.390 e. The van der Waals surface area contributed by atoms with Crippen molar-refractivity contribution in [2.75, 3.05) is 6.61 Å². The lowest BCUT2D eigenvalue weighted by Gasteiger charge is -2.45. The molecule has 7 nitrogen and oxygen atoms in total. The van der Waals surface area contributed by atoms with Gasteiger partial charge in [-0.1, -0.05) is 35.4 Å². The highest BCUT2D eigenvalue weighted by molar-refractivity contribution is 7.80. The molecule has 2 heterocycles. The van der Waals surface area contributed by atoms with Crippen LogP contribution >= 0.6 is 12.6 Å². The fraction of sp³-hybridized carbons (Fsp3) is 0.538. The molecule has 1 aromatic rings. The quantitative estimate of drug-likeness (QED) is 0.377. The van der Waals surface area contributed by atoms with Gasteiger partial charge in [-0.25, -0.2) is 0 Å². The van der Waals surface area contributed by atoms with Gasteiger partial charge in [-0.15, -0.1) is 12.6 Å². The monoisotopic (exact) mass is 309 g/mol. The van der Waals surface area contributed by atoms with Crippen molar-refractivity contribution in [2.24, 2.45) is 5.11 Å².